The Hall–Kier alpha value is -1.03. The Balaban J connectivity index is 2.16. The molecule has 0 fully saturated rings. The molecule has 2 aromatic rings. The Morgan fingerprint density at radius 1 is 0.944 bits per heavy atom. The van der Waals surface area contributed by atoms with E-state index in [0.717, 1.165) is 6.54 Å². The summed E-state index contributed by atoms with van der Waals surface area (Å²) in [6, 6.07) is 12.9. The van der Waals surface area contributed by atoms with Gasteiger partial charge in [-0.15, -0.1) is 0 Å². The first-order valence-electron chi connectivity index (χ1n) is 6.13. The molecule has 0 unspecified atom stereocenters. The lowest BCUT2D eigenvalue weighted by Crippen LogP contribution is -2.03. The second-order valence-electron chi connectivity index (χ2n) is 4.70. The van der Waals surface area contributed by atoms with Gasteiger partial charge in [-0.05, 0) is 77.7 Å². The third-order valence-electron chi connectivity index (χ3n) is 3.30. The number of aryl methyl sites for hydroxylation is 3. The van der Waals surface area contributed by atoms with Crippen molar-refractivity contribution in [2.75, 3.05) is 5.32 Å². The molecular formula is C16H18IN. The maximum Gasteiger partial charge on any atom is 0.0478 e. The summed E-state index contributed by atoms with van der Waals surface area (Å²) in [5.41, 5.74) is 6.66. The highest BCUT2D eigenvalue weighted by Gasteiger charge is 2.03. The number of anilines is 1. The lowest BCUT2D eigenvalue weighted by molar-refractivity contribution is 1.10. The molecule has 2 heteroatoms. The van der Waals surface area contributed by atoms with Gasteiger partial charge in [0.2, 0.25) is 0 Å². The molecule has 2 aromatic carbocycles. The molecule has 0 aromatic heterocycles. The molecule has 0 aliphatic rings. The van der Waals surface area contributed by atoms with Crippen molar-refractivity contribution < 1.29 is 0 Å². The number of para-hydroxylation sites is 1. The number of hydrogen-bond acceptors (Lipinski definition) is 1. The molecule has 2 rings (SSSR count). The minimum atomic E-state index is 0.882. The lowest BCUT2D eigenvalue weighted by Gasteiger charge is -2.12. The average molecular weight is 351 g/mol. The number of rotatable bonds is 3. The molecule has 94 valence electrons. The second-order valence-corrected chi connectivity index (χ2v) is 5.86. The van der Waals surface area contributed by atoms with Crippen molar-refractivity contribution in [3.63, 3.8) is 0 Å². The van der Waals surface area contributed by atoms with Crippen molar-refractivity contribution in [3.8, 4) is 0 Å². The molecule has 1 nitrogen and oxygen atoms in total. The van der Waals surface area contributed by atoms with Crippen molar-refractivity contribution in [3.05, 3.63) is 62.2 Å². The third-order valence-corrected chi connectivity index (χ3v) is 4.24. The fourth-order valence-corrected chi connectivity index (χ4v) is 2.58. The summed E-state index contributed by atoms with van der Waals surface area (Å²) in [6.45, 7) is 7.40. The maximum atomic E-state index is 3.51. The molecule has 18 heavy (non-hydrogen) atoms. The Bertz CT molecular complexity index is 561. The van der Waals surface area contributed by atoms with Gasteiger partial charge in [-0.3, -0.25) is 0 Å². The van der Waals surface area contributed by atoms with E-state index in [1.165, 1.54) is 31.5 Å². The largest absolute Gasteiger partial charge is 0.380 e. The van der Waals surface area contributed by atoms with Gasteiger partial charge in [0.1, 0.15) is 0 Å². The Morgan fingerprint density at radius 2 is 1.61 bits per heavy atom. The maximum absolute atomic E-state index is 3.51. The summed E-state index contributed by atoms with van der Waals surface area (Å²) in [5, 5.41) is 3.51. The average Bonchev–Trinajstić information content (AvgIpc) is 2.34. The van der Waals surface area contributed by atoms with Crippen LogP contribution in [-0.2, 0) is 6.54 Å². The molecule has 0 atom stereocenters. The van der Waals surface area contributed by atoms with Gasteiger partial charge in [0.25, 0.3) is 0 Å². The number of hydrogen-bond donors (Lipinski definition) is 1. The first kappa shape index (κ1) is 13.4. The molecule has 0 heterocycles. The molecule has 0 amide bonds. The van der Waals surface area contributed by atoms with Crippen molar-refractivity contribution in [1.29, 1.82) is 0 Å². The fourth-order valence-electron chi connectivity index (χ4n) is 2.01. The predicted molar refractivity (Wildman–Crippen MR) is 87.1 cm³/mol. The van der Waals surface area contributed by atoms with Gasteiger partial charge in [0, 0.05) is 15.8 Å². The normalized spacial score (nSPS) is 10.4. The summed E-state index contributed by atoms with van der Waals surface area (Å²) in [5.74, 6) is 0. The quantitative estimate of drug-likeness (QED) is 0.781. The Kier molecular flexibility index (Phi) is 4.27. The van der Waals surface area contributed by atoms with Crippen molar-refractivity contribution >= 4 is 28.3 Å². The van der Waals surface area contributed by atoms with E-state index in [9.17, 15) is 0 Å². The summed E-state index contributed by atoms with van der Waals surface area (Å²) >= 11 is 2.36. The Morgan fingerprint density at radius 3 is 2.33 bits per heavy atom. The van der Waals surface area contributed by atoms with Crippen LogP contribution in [0, 0.1) is 24.3 Å². The molecule has 1 N–H and O–H groups in total. The minimum Gasteiger partial charge on any atom is -0.380 e. The second kappa shape index (κ2) is 5.74. The zero-order valence-electron chi connectivity index (χ0n) is 11.0. The monoisotopic (exact) mass is 351 g/mol. The smallest absolute Gasteiger partial charge is 0.0478 e. The summed E-state index contributed by atoms with van der Waals surface area (Å²) in [6.07, 6.45) is 0. The highest BCUT2D eigenvalue weighted by Crippen LogP contribution is 2.20. The SMILES string of the molecule is Cc1cc(C)c(CNc2ccccc2I)cc1C. The minimum absolute atomic E-state index is 0.882. The van der Waals surface area contributed by atoms with E-state index >= 15 is 0 Å². The van der Waals surface area contributed by atoms with Crippen LogP contribution < -0.4 is 5.32 Å². The van der Waals surface area contributed by atoms with E-state index in [1.807, 2.05) is 0 Å². The molecule has 0 spiro atoms. The molecule has 0 saturated heterocycles. The topological polar surface area (TPSA) is 12.0 Å². The van der Waals surface area contributed by atoms with Gasteiger partial charge in [0.15, 0.2) is 0 Å². The van der Waals surface area contributed by atoms with E-state index in [2.05, 4.69) is 85.1 Å². The highest BCUT2D eigenvalue weighted by atomic mass is 127. The first-order chi connectivity index (χ1) is 8.58. The van der Waals surface area contributed by atoms with Gasteiger partial charge in [-0.1, -0.05) is 24.3 Å². The van der Waals surface area contributed by atoms with E-state index in [-0.39, 0.29) is 0 Å². The van der Waals surface area contributed by atoms with Crippen LogP contribution in [0.3, 0.4) is 0 Å². The van der Waals surface area contributed by atoms with E-state index < -0.39 is 0 Å². The van der Waals surface area contributed by atoms with E-state index in [4.69, 9.17) is 0 Å². The predicted octanol–water partition coefficient (Wildman–Crippen LogP) is 4.83. The van der Waals surface area contributed by atoms with Crippen LogP contribution in [0.25, 0.3) is 0 Å². The van der Waals surface area contributed by atoms with Crippen LogP contribution in [0.1, 0.15) is 22.3 Å². The fraction of sp³-hybridized carbons (Fsp3) is 0.250. The number of halogens is 1. The van der Waals surface area contributed by atoms with Gasteiger partial charge < -0.3 is 5.32 Å². The van der Waals surface area contributed by atoms with E-state index in [1.54, 1.807) is 0 Å². The molecule has 0 aliphatic carbocycles. The van der Waals surface area contributed by atoms with Gasteiger partial charge in [-0.25, -0.2) is 0 Å². The zero-order valence-corrected chi connectivity index (χ0v) is 13.2. The molecule has 0 radical (unpaired) electrons. The van der Waals surface area contributed by atoms with Crippen molar-refractivity contribution in [2.45, 2.75) is 27.3 Å². The summed E-state index contributed by atoms with van der Waals surface area (Å²) in [4.78, 5) is 0. The summed E-state index contributed by atoms with van der Waals surface area (Å²) in [7, 11) is 0. The van der Waals surface area contributed by atoms with Gasteiger partial charge in [0.05, 0.1) is 0 Å². The summed E-state index contributed by atoms with van der Waals surface area (Å²) < 4.78 is 1.26. The molecular weight excluding hydrogens is 333 g/mol. The highest BCUT2D eigenvalue weighted by molar-refractivity contribution is 14.1. The number of benzene rings is 2. The van der Waals surface area contributed by atoms with Crippen LogP contribution in [0.2, 0.25) is 0 Å². The van der Waals surface area contributed by atoms with E-state index in [0.29, 0.717) is 0 Å². The van der Waals surface area contributed by atoms with Crippen molar-refractivity contribution in [2.24, 2.45) is 0 Å². The van der Waals surface area contributed by atoms with Crippen LogP contribution in [0.4, 0.5) is 5.69 Å². The van der Waals surface area contributed by atoms with Crippen LogP contribution in [-0.4, -0.2) is 0 Å². The van der Waals surface area contributed by atoms with Crippen LogP contribution >= 0.6 is 22.6 Å². The van der Waals surface area contributed by atoms with Crippen LogP contribution in [0.5, 0.6) is 0 Å². The lowest BCUT2D eigenvalue weighted by atomic mass is 10.0. The number of nitrogens with one attached hydrogen (secondary N) is 1. The van der Waals surface area contributed by atoms with Crippen LogP contribution in [0.15, 0.2) is 36.4 Å². The molecule has 0 aliphatic heterocycles. The molecule has 0 bridgehead atoms. The van der Waals surface area contributed by atoms with Gasteiger partial charge in [-0.2, -0.15) is 0 Å². The molecule has 0 saturated carbocycles. The zero-order chi connectivity index (χ0) is 13.1. The Labute approximate surface area is 123 Å². The van der Waals surface area contributed by atoms with Gasteiger partial charge >= 0.3 is 0 Å². The standard InChI is InChI=1S/C16H18IN/c1-11-8-13(3)14(9-12(11)2)10-18-16-7-5-4-6-15(16)17/h4-9,18H,10H2,1-3H3. The first-order valence-corrected chi connectivity index (χ1v) is 7.21. The van der Waals surface area contributed by atoms with Crippen molar-refractivity contribution in [1.82, 2.24) is 0 Å². The third kappa shape index (κ3) is 3.05.